The molecule has 1 aromatic rings. The van der Waals surface area contributed by atoms with Gasteiger partial charge in [0, 0.05) is 18.7 Å². The maximum atomic E-state index is 5.99. The van der Waals surface area contributed by atoms with Gasteiger partial charge in [-0.05, 0) is 33.8 Å². The molecule has 0 saturated carbocycles. The van der Waals surface area contributed by atoms with Crippen LogP contribution < -0.4 is 15.5 Å². The van der Waals surface area contributed by atoms with E-state index in [-0.39, 0.29) is 11.2 Å². The van der Waals surface area contributed by atoms with Crippen LogP contribution in [0.15, 0.2) is 12.3 Å². The fourth-order valence-electron chi connectivity index (χ4n) is 1.92. The molecule has 0 atom stereocenters. The molecular formula is C13H21BN2O3. The number of anilines is 1. The van der Waals surface area contributed by atoms with Crippen LogP contribution in [0, 0.1) is 0 Å². The average molecular weight is 264 g/mol. The van der Waals surface area contributed by atoms with Crippen molar-refractivity contribution < 1.29 is 14.0 Å². The Labute approximate surface area is 114 Å². The summed E-state index contributed by atoms with van der Waals surface area (Å²) in [6, 6.07) is 1.94. The normalized spacial score (nSPS) is 20.4. The van der Waals surface area contributed by atoms with Gasteiger partial charge in [0.25, 0.3) is 0 Å². The van der Waals surface area contributed by atoms with Crippen LogP contribution in [0.3, 0.4) is 0 Å². The van der Waals surface area contributed by atoms with Crippen LogP contribution in [-0.4, -0.2) is 37.5 Å². The molecule has 1 aliphatic rings. The predicted octanol–water partition coefficient (Wildman–Crippen LogP) is 1.43. The fraction of sp³-hybridized carbons (Fsp3) is 0.615. The van der Waals surface area contributed by atoms with Crippen molar-refractivity contribution in [2.24, 2.45) is 0 Å². The molecule has 5 nitrogen and oxygen atoms in total. The summed E-state index contributed by atoms with van der Waals surface area (Å²) in [5, 5.41) is 3.05. The molecule has 0 radical (unpaired) electrons. The van der Waals surface area contributed by atoms with Gasteiger partial charge in [-0.25, -0.2) is 4.98 Å². The second-order valence-electron chi connectivity index (χ2n) is 5.66. The summed E-state index contributed by atoms with van der Waals surface area (Å²) in [6.45, 7) is 8.12. The van der Waals surface area contributed by atoms with Crippen LogP contribution >= 0.6 is 0 Å². The van der Waals surface area contributed by atoms with Gasteiger partial charge in [-0.3, -0.25) is 0 Å². The molecule has 2 heterocycles. The standard InChI is InChI=1S/C13H21BN2O3/c1-12(2)13(3,4)19-14(18-12)9-7-10(15-5)11(17-6)16-8-9/h7-8,15H,1-6H3. The van der Waals surface area contributed by atoms with E-state index in [1.54, 1.807) is 13.3 Å². The van der Waals surface area contributed by atoms with Gasteiger partial charge in [0.1, 0.15) is 0 Å². The number of nitrogens with zero attached hydrogens (tertiary/aromatic N) is 1. The number of nitrogens with one attached hydrogen (secondary N) is 1. The van der Waals surface area contributed by atoms with Gasteiger partial charge in [-0.2, -0.15) is 0 Å². The molecule has 1 fully saturated rings. The Morgan fingerprint density at radius 2 is 1.79 bits per heavy atom. The average Bonchev–Trinajstić information content (AvgIpc) is 2.57. The summed E-state index contributed by atoms with van der Waals surface area (Å²) >= 11 is 0. The zero-order valence-electron chi connectivity index (χ0n) is 12.4. The van der Waals surface area contributed by atoms with Gasteiger partial charge >= 0.3 is 7.12 Å². The van der Waals surface area contributed by atoms with Gasteiger partial charge < -0.3 is 19.4 Å². The highest BCUT2D eigenvalue weighted by molar-refractivity contribution is 6.62. The largest absolute Gasteiger partial charge is 0.496 e. The maximum absolute atomic E-state index is 5.99. The zero-order valence-corrected chi connectivity index (χ0v) is 12.4. The Kier molecular flexibility index (Phi) is 3.49. The monoisotopic (exact) mass is 264 g/mol. The van der Waals surface area contributed by atoms with E-state index in [9.17, 15) is 0 Å². The first-order chi connectivity index (χ1) is 8.80. The second kappa shape index (κ2) is 4.69. The van der Waals surface area contributed by atoms with Crippen molar-refractivity contribution in [1.82, 2.24) is 4.98 Å². The Morgan fingerprint density at radius 3 is 2.26 bits per heavy atom. The molecular weight excluding hydrogens is 243 g/mol. The number of hydrogen-bond acceptors (Lipinski definition) is 5. The summed E-state index contributed by atoms with van der Waals surface area (Å²) in [6.07, 6.45) is 1.72. The summed E-state index contributed by atoms with van der Waals surface area (Å²) in [5.74, 6) is 0.558. The third-order valence-corrected chi connectivity index (χ3v) is 3.86. The third kappa shape index (κ3) is 2.42. The van der Waals surface area contributed by atoms with E-state index in [2.05, 4.69) is 10.3 Å². The lowest BCUT2D eigenvalue weighted by Crippen LogP contribution is -2.41. The van der Waals surface area contributed by atoms with Gasteiger partial charge in [0.05, 0.1) is 24.0 Å². The van der Waals surface area contributed by atoms with Crippen molar-refractivity contribution in [2.75, 3.05) is 19.5 Å². The van der Waals surface area contributed by atoms with Crippen LogP contribution in [0.2, 0.25) is 0 Å². The van der Waals surface area contributed by atoms with E-state index in [4.69, 9.17) is 14.0 Å². The third-order valence-electron chi connectivity index (χ3n) is 3.86. The van der Waals surface area contributed by atoms with Crippen LogP contribution in [0.1, 0.15) is 27.7 Å². The minimum atomic E-state index is -0.407. The topological polar surface area (TPSA) is 52.6 Å². The van der Waals surface area contributed by atoms with Gasteiger partial charge in [0.15, 0.2) is 0 Å². The van der Waals surface area contributed by atoms with E-state index >= 15 is 0 Å². The molecule has 0 amide bonds. The number of aromatic nitrogens is 1. The molecule has 1 saturated heterocycles. The summed E-state index contributed by atoms with van der Waals surface area (Å²) in [5.41, 5.74) is 0.993. The first-order valence-corrected chi connectivity index (χ1v) is 6.38. The first kappa shape index (κ1) is 14.2. The van der Waals surface area contributed by atoms with Crippen LogP contribution in [0.5, 0.6) is 5.88 Å². The van der Waals surface area contributed by atoms with Crippen molar-refractivity contribution in [3.8, 4) is 5.88 Å². The smallest absolute Gasteiger partial charge is 0.480 e. The van der Waals surface area contributed by atoms with Crippen molar-refractivity contribution in [2.45, 2.75) is 38.9 Å². The fourth-order valence-corrected chi connectivity index (χ4v) is 1.92. The highest BCUT2D eigenvalue weighted by Crippen LogP contribution is 2.36. The van der Waals surface area contributed by atoms with Crippen molar-refractivity contribution in [3.05, 3.63) is 12.3 Å². The Bertz CT molecular complexity index is 461. The molecule has 0 spiro atoms. The molecule has 104 valence electrons. The highest BCUT2D eigenvalue weighted by Gasteiger charge is 2.51. The molecule has 0 bridgehead atoms. The lowest BCUT2D eigenvalue weighted by molar-refractivity contribution is 0.00578. The van der Waals surface area contributed by atoms with Crippen molar-refractivity contribution in [3.63, 3.8) is 0 Å². The summed E-state index contributed by atoms with van der Waals surface area (Å²) < 4.78 is 17.2. The van der Waals surface area contributed by atoms with Crippen molar-refractivity contribution >= 4 is 18.3 Å². The van der Waals surface area contributed by atoms with Gasteiger partial charge in [-0.1, -0.05) is 0 Å². The molecule has 1 aliphatic heterocycles. The van der Waals surface area contributed by atoms with E-state index in [1.807, 2.05) is 40.8 Å². The minimum Gasteiger partial charge on any atom is -0.480 e. The molecule has 2 rings (SSSR count). The molecule has 0 aromatic carbocycles. The number of methoxy groups -OCH3 is 1. The Morgan fingerprint density at radius 1 is 1.21 bits per heavy atom. The quantitative estimate of drug-likeness (QED) is 0.837. The van der Waals surface area contributed by atoms with Crippen LogP contribution in [0.25, 0.3) is 0 Å². The number of pyridine rings is 1. The van der Waals surface area contributed by atoms with Gasteiger partial charge in [-0.15, -0.1) is 0 Å². The predicted molar refractivity (Wildman–Crippen MR) is 76.1 cm³/mol. The Balaban J connectivity index is 2.30. The van der Waals surface area contributed by atoms with Crippen LogP contribution in [0.4, 0.5) is 5.69 Å². The number of hydrogen-bond donors (Lipinski definition) is 1. The van der Waals surface area contributed by atoms with Gasteiger partial charge in [0.2, 0.25) is 5.88 Å². The summed E-state index contributed by atoms with van der Waals surface area (Å²) in [4.78, 5) is 4.26. The lowest BCUT2D eigenvalue weighted by Gasteiger charge is -2.32. The van der Waals surface area contributed by atoms with Crippen LogP contribution in [-0.2, 0) is 9.31 Å². The Hall–Kier alpha value is -1.27. The second-order valence-corrected chi connectivity index (χ2v) is 5.66. The zero-order chi connectivity index (χ0) is 14.3. The maximum Gasteiger partial charge on any atom is 0.496 e. The van der Waals surface area contributed by atoms with E-state index < -0.39 is 7.12 Å². The van der Waals surface area contributed by atoms with E-state index in [0.29, 0.717) is 5.88 Å². The molecule has 6 heteroatoms. The number of ether oxygens (including phenoxy) is 1. The highest BCUT2D eigenvalue weighted by atomic mass is 16.7. The summed E-state index contributed by atoms with van der Waals surface area (Å²) in [7, 11) is 3.01. The molecule has 19 heavy (non-hydrogen) atoms. The van der Waals surface area contributed by atoms with Crippen molar-refractivity contribution in [1.29, 1.82) is 0 Å². The molecule has 1 aromatic heterocycles. The molecule has 0 aliphatic carbocycles. The van der Waals surface area contributed by atoms with E-state index in [0.717, 1.165) is 11.2 Å². The lowest BCUT2D eigenvalue weighted by atomic mass is 9.80. The minimum absolute atomic E-state index is 0.350. The SMILES string of the molecule is CNc1cc(B2OC(C)(C)C(C)(C)O2)cnc1OC. The molecule has 0 unspecified atom stereocenters. The van der Waals surface area contributed by atoms with E-state index in [1.165, 1.54) is 0 Å². The number of rotatable bonds is 3. The molecule has 1 N–H and O–H groups in total. The first-order valence-electron chi connectivity index (χ1n) is 6.38.